The highest BCUT2D eigenvalue weighted by molar-refractivity contribution is 4.98. The van der Waals surface area contributed by atoms with Crippen LogP contribution in [0.3, 0.4) is 0 Å². The first kappa shape index (κ1) is 12.9. The molecule has 3 heteroatoms. The Balaban J connectivity index is 2.05. The molecule has 96 valence electrons. The Hall–Kier alpha value is -0.590. The highest BCUT2D eigenvalue weighted by Gasteiger charge is 2.36. The summed E-state index contributed by atoms with van der Waals surface area (Å²) in [4.78, 5) is 2.50. The standard InChI is InChI=1S/C14H24N2O/c1-10-4-5-13(7-15)14(6-10)16-8-11(2)17-12(3)9-16/h10-14H,4-6,8-9H2,1-3H3. The number of nitrogens with zero attached hydrogens (tertiary/aromatic N) is 2. The SMILES string of the molecule is CC1CCC(C#N)C(N2CC(C)OC(C)C2)C1. The lowest BCUT2D eigenvalue weighted by molar-refractivity contribution is -0.0904. The van der Waals surface area contributed by atoms with Gasteiger partial charge in [-0.1, -0.05) is 6.92 Å². The minimum Gasteiger partial charge on any atom is -0.373 e. The predicted octanol–water partition coefficient (Wildman–Crippen LogP) is 2.42. The smallest absolute Gasteiger partial charge is 0.0678 e. The van der Waals surface area contributed by atoms with Gasteiger partial charge in [-0.2, -0.15) is 5.26 Å². The first-order valence-corrected chi connectivity index (χ1v) is 6.89. The summed E-state index contributed by atoms with van der Waals surface area (Å²) in [5, 5.41) is 9.30. The summed E-state index contributed by atoms with van der Waals surface area (Å²) in [5.74, 6) is 0.988. The Morgan fingerprint density at radius 3 is 2.35 bits per heavy atom. The molecule has 0 bridgehead atoms. The van der Waals surface area contributed by atoms with Crippen LogP contribution in [0, 0.1) is 23.2 Å². The highest BCUT2D eigenvalue weighted by Crippen LogP contribution is 2.33. The second-order valence-electron chi connectivity index (χ2n) is 5.93. The van der Waals surface area contributed by atoms with Gasteiger partial charge in [-0.3, -0.25) is 4.90 Å². The van der Waals surface area contributed by atoms with Gasteiger partial charge in [0, 0.05) is 19.1 Å². The fourth-order valence-corrected chi connectivity index (χ4v) is 3.39. The molecule has 0 N–H and O–H groups in total. The number of rotatable bonds is 1. The van der Waals surface area contributed by atoms with Crippen LogP contribution in [0.2, 0.25) is 0 Å². The molecule has 2 fully saturated rings. The molecule has 1 aliphatic carbocycles. The average molecular weight is 236 g/mol. The number of hydrogen-bond acceptors (Lipinski definition) is 3. The van der Waals surface area contributed by atoms with E-state index < -0.39 is 0 Å². The van der Waals surface area contributed by atoms with E-state index in [2.05, 4.69) is 31.7 Å². The van der Waals surface area contributed by atoms with Crippen molar-refractivity contribution in [2.24, 2.45) is 11.8 Å². The van der Waals surface area contributed by atoms with Crippen LogP contribution < -0.4 is 0 Å². The molecule has 2 rings (SSSR count). The average Bonchev–Trinajstić information content (AvgIpc) is 2.27. The molecule has 3 nitrogen and oxygen atoms in total. The molecule has 17 heavy (non-hydrogen) atoms. The van der Waals surface area contributed by atoms with Crippen LogP contribution in [0.5, 0.6) is 0 Å². The van der Waals surface area contributed by atoms with Crippen LogP contribution >= 0.6 is 0 Å². The van der Waals surface area contributed by atoms with Gasteiger partial charge < -0.3 is 4.74 Å². The van der Waals surface area contributed by atoms with Gasteiger partial charge in [0.05, 0.1) is 24.2 Å². The maximum absolute atomic E-state index is 9.30. The molecule has 0 aromatic rings. The van der Waals surface area contributed by atoms with E-state index in [0.717, 1.165) is 25.4 Å². The summed E-state index contributed by atoms with van der Waals surface area (Å²) in [5.41, 5.74) is 0. The fourth-order valence-electron chi connectivity index (χ4n) is 3.39. The summed E-state index contributed by atoms with van der Waals surface area (Å²) in [6.45, 7) is 8.56. The lowest BCUT2D eigenvalue weighted by atomic mass is 9.78. The van der Waals surface area contributed by atoms with Crippen molar-refractivity contribution in [3.05, 3.63) is 0 Å². The minimum absolute atomic E-state index is 0.226. The Bertz CT molecular complexity index is 289. The zero-order chi connectivity index (χ0) is 12.4. The molecular formula is C14H24N2O. The van der Waals surface area contributed by atoms with E-state index in [1.54, 1.807) is 0 Å². The van der Waals surface area contributed by atoms with Crippen LogP contribution in [-0.2, 0) is 4.74 Å². The Labute approximate surface area is 105 Å². The van der Waals surface area contributed by atoms with E-state index in [9.17, 15) is 5.26 Å². The van der Waals surface area contributed by atoms with Gasteiger partial charge in [-0.05, 0) is 39.0 Å². The normalized spacial score (nSPS) is 44.2. The molecule has 1 aliphatic heterocycles. The molecular weight excluding hydrogens is 212 g/mol. The Morgan fingerprint density at radius 2 is 1.76 bits per heavy atom. The molecule has 5 atom stereocenters. The third-order valence-electron chi connectivity index (χ3n) is 4.16. The van der Waals surface area contributed by atoms with Crippen molar-refractivity contribution in [1.82, 2.24) is 4.90 Å². The van der Waals surface area contributed by atoms with E-state index in [1.165, 1.54) is 12.8 Å². The molecule has 1 heterocycles. The van der Waals surface area contributed by atoms with Crippen LogP contribution in [-0.4, -0.2) is 36.2 Å². The van der Waals surface area contributed by atoms with Crippen molar-refractivity contribution >= 4 is 0 Å². The molecule has 1 saturated heterocycles. The van der Waals surface area contributed by atoms with Crippen LogP contribution in [0.4, 0.5) is 0 Å². The van der Waals surface area contributed by atoms with E-state index in [1.807, 2.05) is 0 Å². The van der Waals surface area contributed by atoms with Crippen molar-refractivity contribution in [2.75, 3.05) is 13.1 Å². The molecule has 5 unspecified atom stereocenters. The fraction of sp³-hybridized carbons (Fsp3) is 0.929. The Kier molecular flexibility index (Phi) is 4.06. The van der Waals surface area contributed by atoms with E-state index >= 15 is 0 Å². The first-order valence-electron chi connectivity index (χ1n) is 6.89. The zero-order valence-corrected chi connectivity index (χ0v) is 11.2. The maximum atomic E-state index is 9.30. The van der Waals surface area contributed by atoms with Gasteiger partial charge in [0.25, 0.3) is 0 Å². The van der Waals surface area contributed by atoms with Crippen molar-refractivity contribution < 1.29 is 4.74 Å². The van der Waals surface area contributed by atoms with Gasteiger partial charge >= 0.3 is 0 Å². The summed E-state index contributed by atoms with van der Waals surface area (Å²) < 4.78 is 5.78. The van der Waals surface area contributed by atoms with Crippen molar-refractivity contribution in [3.8, 4) is 6.07 Å². The van der Waals surface area contributed by atoms with Gasteiger partial charge in [-0.25, -0.2) is 0 Å². The van der Waals surface area contributed by atoms with Crippen LogP contribution in [0.1, 0.15) is 40.0 Å². The zero-order valence-electron chi connectivity index (χ0n) is 11.2. The molecule has 0 amide bonds. The molecule has 0 spiro atoms. The summed E-state index contributed by atoms with van der Waals surface area (Å²) in [6, 6.07) is 2.98. The van der Waals surface area contributed by atoms with Crippen molar-refractivity contribution in [1.29, 1.82) is 5.26 Å². The van der Waals surface area contributed by atoms with E-state index in [4.69, 9.17) is 4.74 Å². The number of nitriles is 1. The highest BCUT2D eigenvalue weighted by atomic mass is 16.5. The molecule has 0 aromatic heterocycles. The van der Waals surface area contributed by atoms with E-state index in [-0.39, 0.29) is 5.92 Å². The minimum atomic E-state index is 0.226. The number of morpholine rings is 1. The molecule has 0 aromatic carbocycles. The lowest BCUT2D eigenvalue weighted by Crippen LogP contribution is -2.53. The second-order valence-corrected chi connectivity index (χ2v) is 5.93. The predicted molar refractivity (Wildman–Crippen MR) is 67.5 cm³/mol. The summed E-state index contributed by atoms with van der Waals surface area (Å²) >= 11 is 0. The number of ether oxygens (including phenoxy) is 1. The van der Waals surface area contributed by atoms with Gasteiger partial charge in [0.1, 0.15) is 0 Å². The molecule has 0 radical (unpaired) electrons. The third-order valence-corrected chi connectivity index (χ3v) is 4.16. The third kappa shape index (κ3) is 3.00. The first-order chi connectivity index (χ1) is 8.10. The quantitative estimate of drug-likeness (QED) is 0.701. The van der Waals surface area contributed by atoms with Gasteiger partial charge in [0.15, 0.2) is 0 Å². The molecule has 2 aliphatic rings. The number of hydrogen-bond donors (Lipinski definition) is 0. The van der Waals surface area contributed by atoms with Crippen molar-refractivity contribution in [2.45, 2.75) is 58.3 Å². The second kappa shape index (κ2) is 5.37. The maximum Gasteiger partial charge on any atom is 0.0678 e. The van der Waals surface area contributed by atoms with Crippen molar-refractivity contribution in [3.63, 3.8) is 0 Å². The van der Waals surface area contributed by atoms with Crippen LogP contribution in [0.15, 0.2) is 0 Å². The topological polar surface area (TPSA) is 36.3 Å². The van der Waals surface area contributed by atoms with Gasteiger partial charge in [0.2, 0.25) is 0 Å². The molecule has 1 saturated carbocycles. The van der Waals surface area contributed by atoms with Gasteiger partial charge in [-0.15, -0.1) is 0 Å². The van der Waals surface area contributed by atoms with E-state index in [0.29, 0.717) is 18.2 Å². The lowest BCUT2D eigenvalue weighted by Gasteiger charge is -2.44. The monoisotopic (exact) mass is 236 g/mol. The Morgan fingerprint density at radius 1 is 1.12 bits per heavy atom. The summed E-state index contributed by atoms with van der Waals surface area (Å²) in [6.07, 6.45) is 4.07. The summed E-state index contributed by atoms with van der Waals surface area (Å²) in [7, 11) is 0. The van der Waals surface area contributed by atoms with Crippen LogP contribution in [0.25, 0.3) is 0 Å². The largest absolute Gasteiger partial charge is 0.373 e.